The number of amides is 1. The summed E-state index contributed by atoms with van der Waals surface area (Å²) in [5.41, 5.74) is -0.380. The molecule has 0 bridgehead atoms. The lowest BCUT2D eigenvalue weighted by atomic mass is 9.84. The highest BCUT2D eigenvalue weighted by atomic mass is 16.5. The normalized spacial score (nSPS) is 21.8. The van der Waals surface area contributed by atoms with Gasteiger partial charge in [-0.15, -0.1) is 0 Å². The fourth-order valence-corrected chi connectivity index (χ4v) is 5.25. The standard InChI is InChI=1S/C19H32N2O5.C8H6O4/c1-4-8-14(19(25)26-5-2)20-12(3)17(22)21-15-10-7-6-9-13(15)11-16(21)18(23)24;9-7(10)5-3-1-2-4-6(5)8(11)12/h12-16,20H,4-11H2,1-3H3,(H,23,24);1-4H,(H,9,10)(H,11,12)/t12-,13-,14-,15-,16-;/m0./s1. The minimum Gasteiger partial charge on any atom is -0.480 e. The molecule has 3 rings (SSSR count). The molecule has 0 spiro atoms. The minimum absolute atomic E-state index is 0.00817. The van der Waals surface area contributed by atoms with Gasteiger partial charge in [0, 0.05) is 6.04 Å². The van der Waals surface area contributed by atoms with Gasteiger partial charge in [-0.3, -0.25) is 14.9 Å². The Kier molecular flexibility index (Phi) is 11.7. The van der Waals surface area contributed by atoms with E-state index >= 15 is 0 Å². The van der Waals surface area contributed by atoms with Crippen LogP contribution in [0.25, 0.3) is 0 Å². The monoisotopic (exact) mass is 534 g/mol. The largest absolute Gasteiger partial charge is 0.480 e. The third-order valence-corrected chi connectivity index (χ3v) is 6.99. The van der Waals surface area contributed by atoms with Gasteiger partial charge in [-0.05, 0) is 57.6 Å². The van der Waals surface area contributed by atoms with Gasteiger partial charge in [0.2, 0.25) is 5.91 Å². The second kappa shape index (κ2) is 14.5. The van der Waals surface area contributed by atoms with Gasteiger partial charge in [0.15, 0.2) is 0 Å². The van der Waals surface area contributed by atoms with E-state index in [4.69, 9.17) is 14.9 Å². The van der Waals surface area contributed by atoms with E-state index in [1.54, 1.807) is 18.7 Å². The number of hydrogen-bond acceptors (Lipinski definition) is 7. The molecule has 2 fully saturated rings. The van der Waals surface area contributed by atoms with Gasteiger partial charge in [0.05, 0.1) is 23.8 Å². The Morgan fingerprint density at radius 1 is 1.00 bits per heavy atom. The zero-order valence-electron chi connectivity index (χ0n) is 22.1. The molecule has 2 aliphatic rings. The molecule has 1 aliphatic heterocycles. The highest BCUT2D eigenvalue weighted by Crippen LogP contribution is 2.40. The molecule has 0 unspecified atom stereocenters. The highest BCUT2D eigenvalue weighted by Gasteiger charge is 2.48. The van der Waals surface area contributed by atoms with Crippen LogP contribution >= 0.6 is 0 Å². The number of fused-ring (bicyclic) bond motifs is 1. The van der Waals surface area contributed by atoms with Crippen LogP contribution in [0.3, 0.4) is 0 Å². The number of esters is 1. The summed E-state index contributed by atoms with van der Waals surface area (Å²) in [5.74, 6) is -3.70. The van der Waals surface area contributed by atoms with E-state index in [1.165, 1.54) is 24.3 Å². The molecule has 11 heteroatoms. The maximum atomic E-state index is 13.1. The average molecular weight is 535 g/mol. The number of carbonyl (C=O) groups is 5. The SMILES string of the molecule is CCC[C@H](N[C@@H](C)C(=O)N1[C@H](C(=O)O)C[C@@H]2CCCC[C@@H]21)C(=O)OCC.O=C(O)c1ccccc1C(=O)O. The van der Waals surface area contributed by atoms with Gasteiger partial charge >= 0.3 is 23.9 Å². The molecule has 1 amide bonds. The average Bonchev–Trinajstić information content (AvgIpc) is 3.28. The number of rotatable bonds is 10. The number of carboxylic acids is 3. The molecule has 1 aromatic carbocycles. The molecule has 5 atom stereocenters. The fraction of sp³-hybridized carbons (Fsp3) is 0.593. The van der Waals surface area contributed by atoms with Crippen molar-refractivity contribution in [3.63, 3.8) is 0 Å². The summed E-state index contributed by atoms with van der Waals surface area (Å²) in [5, 5.41) is 29.8. The number of nitrogens with one attached hydrogen (secondary N) is 1. The molecule has 0 aromatic heterocycles. The topological polar surface area (TPSA) is 171 Å². The predicted molar refractivity (Wildman–Crippen MR) is 137 cm³/mol. The number of nitrogens with zero attached hydrogens (tertiary/aromatic N) is 1. The van der Waals surface area contributed by atoms with Crippen molar-refractivity contribution < 1.29 is 44.0 Å². The van der Waals surface area contributed by atoms with Crippen LogP contribution in [0.15, 0.2) is 24.3 Å². The first-order valence-electron chi connectivity index (χ1n) is 13.1. The number of aliphatic carboxylic acids is 1. The summed E-state index contributed by atoms with van der Waals surface area (Å²) in [7, 11) is 0. The van der Waals surface area contributed by atoms with E-state index in [0.717, 1.165) is 32.1 Å². The van der Waals surface area contributed by atoms with Crippen molar-refractivity contribution in [3.8, 4) is 0 Å². The van der Waals surface area contributed by atoms with Gasteiger partial charge in [-0.1, -0.05) is 38.3 Å². The third kappa shape index (κ3) is 7.77. The summed E-state index contributed by atoms with van der Waals surface area (Å²) >= 11 is 0. The third-order valence-electron chi connectivity index (χ3n) is 6.99. The van der Waals surface area contributed by atoms with Gasteiger partial charge in [0.25, 0.3) is 0 Å². The molecular weight excluding hydrogens is 496 g/mol. The summed E-state index contributed by atoms with van der Waals surface area (Å²) < 4.78 is 5.09. The number of hydrogen-bond donors (Lipinski definition) is 4. The quantitative estimate of drug-likeness (QED) is 0.327. The summed E-state index contributed by atoms with van der Waals surface area (Å²) in [6.45, 7) is 5.72. The lowest BCUT2D eigenvalue weighted by molar-refractivity contribution is -0.152. The number of benzene rings is 1. The van der Waals surface area contributed by atoms with Crippen molar-refractivity contribution in [2.24, 2.45) is 5.92 Å². The van der Waals surface area contributed by atoms with Crippen LogP contribution < -0.4 is 5.32 Å². The maximum Gasteiger partial charge on any atom is 0.336 e. The summed E-state index contributed by atoms with van der Waals surface area (Å²) in [4.78, 5) is 59.4. The zero-order valence-corrected chi connectivity index (χ0v) is 22.1. The van der Waals surface area contributed by atoms with Crippen LogP contribution in [0.1, 0.15) is 86.4 Å². The molecule has 38 heavy (non-hydrogen) atoms. The van der Waals surface area contributed by atoms with Crippen LogP contribution in [0.2, 0.25) is 0 Å². The molecule has 1 heterocycles. The summed E-state index contributed by atoms with van der Waals surface area (Å²) in [6, 6.07) is 3.55. The van der Waals surface area contributed by atoms with E-state index in [-0.39, 0.29) is 35.0 Å². The van der Waals surface area contributed by atoms with Crippen LogP contribution in [0, 0.1) is 5.92 Å². The van der Waals surface area contributed by atoms with Crippen LogP contribution in [-0.2, 0) is 19.1 Å². The van der Waals surface area contributed by atoms with Gasteiger partial charge in [0.1, 0.15) is 12.1 Å². The minimum atomic E-state index is -1.23. The van der Waals surface area contributed by atoms with Gasteiger partial charge in [-0.25, -0.2) is 14.4 Å². The maximum absolute atomic E-state index is 13.1. The number of aromatic carboxylic acids is 2. The second-order valence-electron chi connectivity index (χ2n) is 9.58. The van der Waals surface area contributed by atoms with E-state index in [9.17, 15) is 29.1 Å². The smallest absolute Gasteiger partial charge is 0.336 e. The first kappa shape index (κ1) is 30.8. The van der Waals surface area contributed by atoms with Crippen molar-refractivity contribution in [2.75, 3.05) is 6.61 Å². The van der Waals surface area contributed by atoms with Crippen molar-refractivity contribution in [3.05, 3.63) is 35.4 Å². The van der Waals surface area contributed by atoms with E-state index in [2.05, 4.69) is 5.32 Å². The lowest BCUT2D eigenvalue weighted by Crippen LogP contribution is -2.55. The molecule has 1 saturated carbocycles. The Morgan fingerprint density at radius 3 is 2.08 bits per heavy atom. The van der Waals surface area contributed by atoms with Crippen LogP contribution in [0.5, 0.6) is 0 Å². The Balaban J connectivity index is 0.000000352. The number of carboxylic acid groups (broad SMARTS) is 3. The Morgan fingerprint density at radius 2 is 1.58 bits per heavy atom. The Hall–Kier alpha value is -3.47. The van der Waals surface area contributed by atoms with Crippen molar-refractivity contribution in [2.45, 2.75) is 89.9 Å². The van der Waals surface area contributed by atoms with E-state index in [1.807, 2.05) is 6.92 Å². The molecule has 210 valence electrons. The van der Waals surface area contributed by atoms with Gasteiger partial charge < -0.3 is 25.0 Å². The Bertz CT molecular complexity index is 979. The van der Waals surface area contributed by atoms with Crippen molar-refractivity contribution in [1.29, 1.82) is 0 Å². The molecule has 1 saturated heterocycles. The van der Waals surface area contributed by atoms with Crippen molar-refractivity contribution >= 4 is 29.8 Å². The summed E-state index contributed by atoms with van der Waals surface area (Å²) in [6.07, 6.45) is 5.87. The highest BCUT2D eigenvalue weighted by molar-refractivity contribution is 6.01. The molecule has 4 N–H and O–H groups in total. The zero-order chi connectivity index (χ0) is 28.4. The van der Waals surface area contributed by atoms with E-state index < -0.39 is 36.0 Å². The van der Waals surface area contributed by atoms with Crippen LogP contribution in [-0.4, -0.2) is 80.8 Å². The number of ether oxygens (including phenoxy) is 1. The Labute approximate surface area is 222 Å². The number of likely N-dealkylation sites (tertiary alicyclic amines) is 1. The molecule has 0 radical (unpaired) electrons. The van der Waals surface area contributed by atoms with Crippen molar-refractivity contribution in [1.82, 2.24) is 10.2 Å². The van der Waals surface area contributed by atoms with E-state index in [0.29, 0.717) is 19.4 Å². The molecule has 1 aromatic rings. The van der Waals surface area contributed by atoms with Gasteiger partial charge in [-0.2, -0.15) is 0 Å². The first-order valence-corrected chi connectivity index (χ1v) is 13.1. The lowest BCUT2D eigenvalue weighted by Gasteiger charge is -2.35. The first-order chi connectivity index (χ1) is 18.0. The number of carbonyl (C=O) groups excluding carboxylic acids is 2. The predicted octanol–water partition coefficient (Wildman–Crippen LogP) is 3.02. The fourth-order valence-electron chi connectivity index (χ4n) is 5.25. The molecular formula is C27H38N2O9. The molecule has 11 nitrogen and oxygen atoms in total. The van der Waals surface area contributed by atoms with Crippen LogP contribution in [0.4, 0.5) is 0 Å². The molecule has 1 aliphatic carbocycles. The second-order valence-corrected chi connectivity index (χ2v) is 9.58.